The second kappa shape index (κ2) is 8.92. The second-order valence-corrected chi connectivity index (χ2v) is 5.91. The van der Waals surface area contributed by atoms with Crippen molar-refractivity contribution in [1.82, 2.24) is 4.98 Å². The molecule has 2 aromatic carbocycles. The Balaban J connectivity index is 2.02. The van der Waals surface area contributed by atoms with Gasteiger partial charge in [0.15, 0.2) is 0 Å². The lowest BCUT2D eigenvalue weighted by Gasteiger charge is -2.32. The molecule has 0 aliphatic carbocycles. The largest absolute Gasteiger partial charge is 0.457 e. The first-order valence-electron chi connectivity index (χ1n) is 8.70. The number of hydrogen-bond donors (Lipinski definition) is 0. The van der Waals surface area contributed by atoms with Gasteiger partial charge in [-0.25, -0.2) is 4.79 Å². The van der Waals surface area contributed by atoms with Crippen molar-refractivity contribution in [3.8, 4) is 0 Å². The molecule has 27 heavy (non-hydrogen) atoms. The Hall–Kier alpha value is -3.24. The molecule has 4 nitrogen and oxygen atoms in total. The van der Waals surface area contributed by atoms with Crippen molar-refractivity contribution in [2.45, 2.75) is 12.2 Å². The lowest BCUT2D eigenvalue weighted by atomic mass is 9.86. The van der Waals surface area contributed by atoms with Gasteiger partial charge in [-0.15, -0.1) is 6.58 Å². The van der Waals surface area contributed by atoms with E-state index in [1.165, 1.54) is 0 Å². The quantitative estimate of drug-likeness (QED) is 0.445. The fourth-order valence-corrected chi connectivity index (χ4v) is 2.88. The van der Waals surface area contributed by atoms with E-state index in [2.05, 4.69) is 11.6 Å². The van der Waals surface area contributed by atoms with Gasteiger partial charge >= 0.3 is 5.97 Å². The van der Waals surface area contributed by atoms with Crippen LogP contribution in [0.15, 0.2) is 97.7 Å². The highest BCUT2D eigenvalue weighted by Crippen LogP contribution is 2.35. The molecule has 0 fully saturated rings. The van der Waals surface area contributed by atoms with Crippen molar-refractivity contribution in [2.75, 3.05) is 6.61 Å². The average molecular weight is 359 g/mol. The Morgan fingerprint density at radius 3 is 2.04 bits per heavy atom. The van der Waals surface area contributed by atoms with E-state index in [9.17, 15) is 4.79 Å². The number of benzene rings is 2. The zero-order valence-corrected chi connectivity index (χ0v) is 15.0. The van der Waals surface area contributed by atoms with Crippen LogP contribution in [0.3, 0.4) is 0 Å². The highest BCUT2D eigenvalue weighted by Gasteiger charge is 2.45. The van der Waals surface area contributed by atoms with Gasteiger partial charge in [0.25, 0.3) is 0 Å². The van der Waals surface area contributed by atoms with E-state index in [0.29, 0.717) is 16.8 Å². The smallest absolute Gasteiger partial charge is 0.348 e. The molecular weight excluding hydrogens is 338 g/mol. The number of hydrogen-bond acceptors (Lipinski definition) is 4. The van der Waals surface area contributed by atoms with Crippen molar-refractivity contribution in [2.24, 2.45) is 0 Å². The van der Waals surface area contributed by atoms with Gasteiger partial charge in [-0.05, 0) is 23.3 Å². The molecular formula is C23H21NO3. The highest BCUT2D eigenvalue weighted by molar-refractivity contribution is 5.85. The third-order valence-corrected chi connectivity index (χ3v) is 4.14. The Labute approximate surface area is 159 Å². The fraction of sp³-hybridized carbons (Fsp3) is 0.130. The van der Waals surface area contributed by atoms with Crippen LogP contribution < -0.4 is 0 Å². The summed E-state index contributed by atoms with van der Waals surface area (Å²) in [5.74, 6) is -0.493. The summed E-state index contributed by atoms with van der Waals surface area (Å²) < 4.78 is 11.7. The van der Waals surface area contributed by atoms with Crippen LogP contribution in [0.25, 0.3) is 0 Å². The van der Waals surface area contributed by atoms with Crippen molar-refractivity contribution >= 4 is 5.97 Å². The summed E-state index contributed by atoms with van der Waals surface area (Å²) in [5.41, 5.74) is 0.684. The molecule has 0 saturated carbocycles. The van der Waals surface area contributed by atoms with E-state index < -0.39 is 11.6 Å². The molecule has 0 unspecified atom stereocenters. The number of carbonyl (C=O) groups excluding carboxylic acids is 1. The highest BCUT2D eigenvalue weighted by atomic mass is 16.6. The second-order valence-electron chi connectivity index (χ2n) is 5.91. The molecule has 0 aliphatic heterocycles. The van der Waals surface area contributed by atoms with Crippen LogP contribution in [0.4, 0.5) is 0 Å². The van der Waals surface area contributed by atoms with Crippen LogP contribution in [-0.2, 0) is 26.5 Å². The topological polar surface area (TPSA) is 48.4 Å². The lowest BCUT2D eigenvalue weighted by Crippen LogP contribution is -2.41. The summed E-state index contributed by atoms with van der Waals surface area (Å²) in [4.78, 5) is 17.5. The SMILES string of the molecule is C=CCOC(C(=O)OCc1ccccn1)(c1ccccc1)c1ccccc1. The third-order valence-electron chi connectivity index (χ3n) is 4.14. The Kier molecular flexibility index (Phi) is 6.13. The monoisotopic (exact) mass is 359 g/mol. The summed E-state index contributed by atoms with van der Waals surface area (Å²) in [7, 11) is 0. The Morgan fingerprint density at radius 1 is 0.926 bits per heavy atom. The standard InChI is InChI=1S/C23H21NO3/c1-2-17-27-23(19-11-5-3-6-12-19,20-13-7-4-8-14-20)22(25)26-18-21-15-9-10-16-24-21/h2-16H,1,17-18H2. The molecule has 0 aliphatic rings. The minimum absolute atomic E-state index is 0.0680. The maximum absolute atomic E-state index is 13.3. The first-order chi connectivity index (χ1) is 13.3. The maximum atomic E-state index is 13.3. The van der Waals surface area contributed by atoms with Crippen LogP contribution in [0.1, 0.15) is 16.8 Å². The minimum atomic E-state index is -1.38. The van der Waals surface area contributed by atoms with Crippen molar-refractivity contribution in [3.63, 3.8) is 0 Å². The zero-order valence-electron chi connectivity index (χ0n) is 15.0. The molecule has 136 valence electrons. The van der Waals surface area contributed by atoms with Crippen LogP contribution in [-0.4, -0.2) is 17.6 Å². The molecule has 0 spiro atoms. The molecule has 3 aromatic rings. The van der Waals surface area contributed by atoms with Gasteiger partial charge in [0.05, 0.1) is 12.3 Å². The van der Waals surface area contributed by atoms with Crippen molar-refractivity contribution in [3.05, 3.63) is 115 Å². The average Bonchev–Trinajstić information content (AvgIpc) is 2.75. The predicted octanol–water partition coefficient (Wildman–Crippen LogP) is 4.27. The summed E-state index contributed by atoms with van der Waals surface area (Å²) >= 11 is 0. The molecule has 1 heterocycles. The lowest BCUT2D eigenvalue weighted by molar-refractivity contribution is -0.169. The molecule has 0 saturated heterocycles. The van der Waals surface area contributed by atoms with Gasteiger partial charge < -0.3 is 9.47 Å². The van der Waals surface area contributed by atoms with Gasteiger partial charge in [-0.1, -0.05) is 72.8 Å². The van der Waals surface area contributed by atoms with E-state index in [4.69, 9.17) is 9.47 Å². The summed E-state index contributed by atoms with van der Waals surface area (Å²) in [5, 5.41) is 0. The Bertz CT molecular complexity index is 824. The Morgan fingerprint density at radius 2 is 1.52 bits per heavy atom. The van der Waals surface area contributed by atoms with Crippen LogP contribution in [0.2, 0.25) is 0 Å². The van der Waals surface area contributed by atoms with Crippen molar-refractivity contribution in [1.29, 1.82) is 0 Å². The molecule has 0 radical (unpaired) electrons. The molecule has 0 bridgehead atoms. The van der Waals surface area contributed by atoms with E-state index in [-0.39, 0.29) is 13.2 Å². The number of ether oxygens (including phenoxy) is 2. The zero-order chi connectivity index (χ0) is 19.0. The molecule has 0 atom stereocenters. The molecule has 0 amide bonds. The third kappa shape index (κ3) is 4.13. The van der Waals surface area contributed by atoms with Gasteiger partial charge in [0, 0.05) is 6.20 Å². The molecule has 0 N–H and O–H groups in total. The molecule has 3 rings (SSSR count). The maximum Gasteiger partial charge on any atom is 0.348 e. The van der Waals surface area contributed by atoms with Gasteiger partial charge in [-0.3, -0.25) is 4.98 Å². The van der Waals surface area contributed by atoms with E-state index in [0.717, 1.165) is 0 Å². The van der Waals surface area contributed by atoms with Gasteiger partial charge in [0.1, 0.15) is 6.61 Å². The fourth-order valence-electron chi connectivity index (χ4n) is 2.88. The van der Waals surface area contributed by atoms with Gasteiger partial charge in [-0.2, -0.15) is 0 Å². The van der Waals surface area contributed by atoms with Crippen LogP contribution >= 0.6 is 0 Å². The van der Waals surface area contributed by atoms with Crippen LogP contribution in [0.5, 0.6) is 0 Å². The minimum Gasteiger partial charge on any atom is -0.457 e. The summed E-state index contributed by atoms with van der Waals surface area (Å²) in [6, 6.07) is 24.2. The van der Waals surface area contributed by atoms with E-state index in [1.54, 1.807) is 12.3 Å². The van der Waals surface area contributed by atoms with Crippen molar-refractivity contribution < 1.29 is 14.3 Å². The first kappa shape index (κ1) is 18.5. The first-order valence-corrected chi connectivity index (χ1v) is 8.70. The van der Waals surface area contributed by atoms with Gasteiger partial charge in [0.2, 0.25) is 5.60 Å². The number of rotatable bonds is 8. The number of carbonyl (C=O) groups is 1. The number of aromatic nitrogens is 1. The van der Waals surface area contributed by atoms with Crippen LogP contribution in [0, 0.1) is 0 Å². The van der Waals surface area contributed by atoms with E-state index in [1.807, 2.05) is 78.9 Å². The number of nitrogens with zero attached hydrogens (tertiary/aromatic N) is 1. The number of pyridine rings is 1. The predicted molar refractivity (Wildman–Crippen MR) is 104 cm³/mol. The summed E-state index contributed by atoms with van der Waals surface area (Å²) in [6.45, 7) is 3.98. The number of esters is 1. The normalized spacial score (nSPS) is 11.0. The van der Waals surface area contributed by atoms with E-state index >= 15 is 0 Å². The molecule has 4 heteroatoms. The summed E-state index contributed by atoms with van der Waals surface area (Å²) in [6.07, 6.45) is 3.28. The molecule has 1 aromatic heterocycles.